The number of aryl methyl sites for hydroxylation is 1. The Labute approximate surface area is 135 Å². The molecule has 1 atom stereocenters. The summed E-state index contributed by atoms with van der Waals surface area (Å²) in [5, 5.41) is 9.71. The normalized spacial score (nSPS) is 18.8. The maximum atomic E-state index is 12.4. The van der Waals surface area contributed by atoms with Gasteiger partial charge in [-0.15, -0.1) is 0 Å². The molecule has 1 aromatic rings. The molecule has 0 radical (unpaired) electrons. The van der Waals surface area contributed by atoms with Gasteiger partial charge in [0, 0.05) is 24.8 Å². The number of thioether (sulfide) groups is 1. The van der Waals surface area contributed by atoms with Crippen molar-refractivity contribution in [3.8, 4) is 0 Å². The zero-order valence-corrected chi connectivity index (χ0v) is 13.8. The number of aromatic carboxylic acids is 1. The van der Waals surface area contributed by atoms with Crippen molar-refractivity contribution in [3.63, 3.8) is 0 Å². The van der Waals surface area contributed by atoms with Gasteiger partial charge in [0.15, 0.2) is 0 Å². The maximum Gasteiger partial charge on any atom is 0.335 e. The molecule has 22 heavy (non-hydrogen) atoms. The Bertz CT molecular complexity index is 532. The number of carboxylic acid groups (broad SMARTS) is 1. The fourth-order valence-corrected chi connectivity index (χ4v) is 3.60. The number of amides is 1. The molecule has 1 aliphatic heterocycles. The number of carboxylic acids is 1. The average Bonchev–Trinajstić information content (AvgIpc) is 2.78. The molecule has 2 rings (SSSR count). The molecule has 1 heterocycles. The van der Waals surface area contributed by atoms with E-state index in [1.54, 1.807) is 18.2 Å². The van der Waals surface area contributed by atoms with Crippen LogP contribution in [0, 0.1) is 0 Å². The molecule has 1 aliphatic rings. The number of nitrogens with zero attached hydrogens (tertiary/aromatic N) is 1. The highest BCUT2D eigenvalue weighted by Crippen LogP contribution is 2.21. The number of hydrogen-bond acceptors (Lipinski definition) is 3. The van der Waals surface area contributed by atoms with E-state index in [2.05, 4.69) is 6.26 Å². The predicted octanol–water partition coefficient (Wildman–Crippen LogP) is 3.06. The van der Waals surface area contributed by atoms with Crippen molar-refractivity contribution in [3.05, 3.63) is 35.4 Å². The Kier molecular flexibility index (Phi) is 6.31. The van der Waals surface area contributed by atoms with Crippen LogP contribution in [0.1, 0.15) is 41.6 Å². The minimum Gasteiger partial charge on any atom is -0.478 e. The van der Waals surface area contributed by atoms with Gasteiger partial charge >= 0.3 is 5.97 Å². The SMILES string of the molecule is CSC1CCCCN(C(=O)CCc2ccccc2C(=O)O)C1. The summed E-state index contributed by atoms with van der Waals surface area (Å²) in [5.74, 6) is -0.790. The molecule has 1 unspecified atom stereocenters. The van der Waals surface area contributed by atoms with E-state index in [9.17, 15) is 14.7 Å². The summed E-state index contributed by atoms with van der Waals surface area (Å²) >= 11 is 1.83. The quantitative estimate of drug-likeness (QED) is 0.905. The zero-order chi connectivity index (χ0) is 15.9. The summed E-state index contributed by atoms with van der Waals surface area (Å²) in [5.41, 5.74) is 1.03. The summed E-state index contributed by atoms with van der Waals surface area (Å²) in [4.78, 5) is 25.6. The van der Waals surface area contributed by atoms with Gasteiger partial charge in [-0.2, -0.15) is 11.8 Å². The maximum absolute atomic E-state index is 12.4. The van der Waals surface area contributed by atoms with Crippen LogP contribution in [-0.2, 0) is 11.2 Å². The molecule has 1 N–H and O–H groups in total. The van der Waals surface area contributed by atoms with Crippen LogP contribution < -0.4 is 0 Å². The van der Waals surface area contributed by atoms with E-state index in [-0.39, 0.29) is 5.91 Å². The molecular formula is C17H23NO3S. The number of benzene rings is 1. The molecule has 4 nitrogen and oxygen atoms in total. The number of likely N-dealkylation sites (tertiary alicyclic amines) is 1. The summed E-state index contributed by atoms with van der Waals surface area (Å²) in [6, 6.07) is 6.93. The highest BCUT2D eigenvalue weighted by molar-refractivity contribution is 7.99. The van der Waals surface area contributed by atoms with Crippen LogP contribution in [0.5, 0.6) is 0 Å². The highest BCUT2D eigenvalue weighted by atomic mass is 32.2. The second-order valence-electron chi connectivity index (χ2n) is 5.66. The molecule has 0 spiro atoms. The van der Waals surface area contributed by atoms with E-state index in [0.717, 1.165) is 25.1 Å². The van der Waals surface area contributed by atoms with Crippen molar-refractivity contribution >= 4 is 23.6 Å². The Hall–Kier alpha value is -1.49. The van der Waals surface area contributed by atoms with Crippen molar-refractivity contribution in [1.29, 1.82) is 0 Å². The highest BCUT2D eigenvalue weighted by Gasteiger charge is 2.21. The van der Waals surface area contributed by atoms with Crippen molar-refractivity contribution in [2.45, 2.75) is 37.4 Å². The first-order valence-corrected chi connectivity index (χ1v) is 9.02. The van der Waals surface area contributed by atoms with Crippen LogP contribution in [0.2, 0.25) is 0 Å². The topological polar surface area (TPSA) is 57.6 Å². The summed E-state index contributed by atoms with van der Waals surface area (Å²) in [7, 11) is 0. The van der Waals surface area contributed by atoms with Gasteiger partial charge < -0.3 is 10.0 Å². The lowest BCUT2D eigenvalue weighted by Crippen LogP contribution is -2.35. The fourth-order valence-electron chi connectivity index (χ4n) is 2.87. The number of hydrogen-bond donors (Lipinski definition) is 1. The zero-order valence-electron chi connectivity index (χ0n) is 13.0. The summed E-state index contributed by atoms with van der Waals surface area (Å²) in [6.07, 6.45) is 6.38. The molecule has 0 aromatic heterocycles. The number of carbonyl (C=O) groups excluding carboxylic acids is 1. The average molecular weight is 321 g/mol. The molecule has 1 fully saturated rings. The van der Waals surface area contributed by atoms with Gasteiger partial charge in [-0.1, -0.05) is 24.6 Å². The van der Waals surface area contributed by atoms with E-state index in [1.165, 1.54) is 12.8 Å². The van der Waals surface area contributed by atoms with Crippen LogP contribution in [-0.4, -0.2) is 46.5 Å². The van der Waals surface area contributed by atoms with E-state index >= 15 is 0 Å². The van der Waals surface area contributed by atoms with Gasteiger partial charge in [0.25, 0.3) is 0 Å². The minimum absolute atomic E-state index is 0.140. The van der Waals surface area contributed by atoms with Crippen LogP contribution in [0.4, 0.5) is 0 Å². The van der Waals surface area contributed by atoms with Crippen LogP contribution in [0.3, 0.4) is 0 Å². The van der Waals surface area contributed by atoms with Gasteiger partial charge in [-0.25, -0.2) is 4.79 Å². The fraction of sp³-hybridized carbons (Fsp3) is 0.529. The Morgan fingerprint density at radius 3 is 2.82 bits per heavy atom. The van der Waals surface area contributed by atoms with Crippen LogP contribution >= 0.6 is 11.8 Å². The first-order chi connectivity index (χ1) is 10.6. The van der Waals surface area contributed by atoms with E-state index in [1.807, 2.05) is 22.7 Å². The van der Waals surface area contributed by atoms with E-state index in [4.69, 9.17) is 0 Å². The lowest BCUT2D eigenvalue weighted by Gasteiger charge is -2.23. The van der Waals surface area contributed by atoms with Crippen molar-refractivity contribution in [2.75, 3.05) is 19.3 Å². The second kappa shape index (κ2) is 8.22. The molecule has 0 saturated carbocycles. The third-order valence-corrected chi connectivity index (χ3v) is 5.22. The summed E-state index contributed by atoms with van der Waals surface area (Å²) < 4.78 is 0. The van der Waals surface area contributed by atoms with Crippen molar-refractivity contribution in [2.24, 2.45) is 0 Å². The second-order valence-corrected chi connectivity index (χ2v) is 6.79. The third-order valence-electron chi connectivity index (χ3n) is 4.17. The van der Waals surface area contributed by atoms with E-state index < -0.39 is 5.97 Å². The first kappa shape index (κ1) is 16.9. The van der Waals surface area contributed by atoms with Gasteiger partial charge in [-0.3, -0.25) is 4.79 Å². The predicted molar refractivity (Wildman–Crippen MR) is 89.5 cm³/mol. The molecule has 120 valence electrons. The van der Waals surface area contributed by atoms with Crippen LogP contribution in [0.25, 0.3) is 0 Å². The van der Waals surface area contributed by atoms with Crippen molar-refractivity contribution in [1.82, 2.24) is 4.90 Å². The molecule has 0 bridgehead atoms. The lowest BCUT2D eigenvalue weighted by atomic mass is 10.0. The lowest BCUT2D eigenvalue weighted by molar-refractivity contribution is -0.131. The molecule has 1 saturated heterocycles. The Morgan fingerprint density at radius 2 is 2.09 bits per heavy atom. The van der Waals surface area contributed by atoms with E-state index in [0.29, 0.717) is 23.7 Å². The van der Waals surface area contributed by atoms with Gasteiger partial charge in [-0.05, 0) is 37.1 Å². The Balaban J connectivity index is 1.96. The van der Waals surface area contributed by atoms with Gasteiger partial charge in [0.1, 0.15) is 0 Å². The van der Waals surface area contributed by atoms with Gasteiger partial charge in [0.2, 0.25) is 5.91 Å². The van der Waals surface area contributed by atoms with Crippen molar-refractivity contribution < 1.29 is 14.7 Å². The molecule has 5 heteroatoms. The monoisotopic (exact) mass is 321 g/mol. The minimum atomic E-state index is -0.930. The number of rotatable bonds is 5. The summed E-state index contributed by atoms with van der Waals surface area (Å²) in [6.45, 7) is 1.65. The van der Waals surface area contributed by atoms with Crippen LogP contribution in [0.15, 0.2) is 24.3 Å². The standard InChI is InChI=1S/C17H23NO3S/c1-22-14-7-4-5-11-18(12-14)16(19)10-9-13-6-2-3-8-15(13)17(20)21/h2-3,6,8,14H,4-5,7,9-12H2,1H3,(H,20,21). The Morgan fingerprint density at radius 1 is 1.32 bits per heavy atom. The number of carbonyl (C=O) groups is 2. The third kappa shape index (κ3) is 4.50. The van der Waals surface area contributed by atoms with Gasteiger partial charge in [0.05, 0.1) is 5.56 Å². The largest absolute Gasteiger partial charge is 0.478 e. The first-order valence-electron chi connectivity index (χ1n) is 7.73. The molecule has 1 amide bonds. The molecule has 1 aromatic carbocycles. The molecular weight excluding hydrogens is 298 g/mol. The molecule has 0 aliphatic carbocycles. The smallest absolute Gasteiger partial charge is 0.335 e.